The minimum absolute atomic E-state index is 1.24. The zero-order chi connectivity index (χ0) is 37.9. The molecule has 0 saturated heterocycles. The second kappa shape index (κ2) is 12.3. The van der Waals surface area contributed by atoms with Crippen LogP contribution in [0.25, 0.3) is 128 Å². The first-order chi connectivity index (χ1) is 28.8. The highest BCUT2D eigenvalue weighted by Gasteiger charge is 2.20. The first-order valence-electron chi connectivity index (χ1n) is 19.9. The minimum atomic E-state index is 1.24. The molecule has 0 radical (unpaired) electrons. The van der Waals surface area contributed by atoms with E-state index in [0.29, 0.717) is 0 Å². The molecule has 0 nitrogen and oxygen atoms in total. The first-order valence-corrected chi connectivity index (χ1v) is 21.5. The Kier molecular flexibility index (Phi) is 6.86. The summed E-state index contributed by atoms with van der Waals surface area (Å²) in [5.74, 6) is 0. The van der Waals surface area contributed by atoms with Crippen LogP contribution in [0.15, 0.2) is 194 Å². The SMILES string of the molecule is c1ccc2c(-c3c4ccccc4c(-c4ccc5cc(-c6ccc7sc8c9sc%10ccccc%10c9c9ccccc9c8c7c6)ccc5c4)c4ccccc34)cccc2c1. The van der Waals surface area contributed by atoms with E-state index in [1.54, 1.807) is 0 Å². The van der Waals surface area contributed by atoms with Crippen molar-refractivity contribution in [2.24, 2.45) is 0 Å². The Bertz CT molecular complexity index is 3800. The molecule has 0 bridgehead atoms. The lowest BCUT2D eigenvalue weighted by Crippen LogP contribution is -1.91. The Balaban J connectivity index is 0.971. The lowest BCUT2D eigenvalue weighted by molar-refractivity contribution is 1.67. The molecule has 0 aliphatic carbocycles. The van der Waals surface area contributed by atoms with Crippen molar-refractivity contribution in [1.29, 1.82) is 0 Å². The molecular formula is C56H32S2. The molecule has 0 spiro atoms. The minimum Gasteiger partial charge on any atom is -0.134 e. The topological polar surface area (TPSA) is 0 Å². The summed E-state index contributed by atoms with van der Waals surface area (Å²) in [6.07, 6.45) is 0. The summed E-state index contributed by atoms with van der Waals surface area (Å²) >= 11 is 3.87. The third-order valence-corrected chi connectivity index (χ3v) is 14.9. The van der Waals surface area contributed by atoms with E-state index < -0.39 is 0 Å². The zero-order valence-electron chi connectivity index (χ0n) is 31.3. The van der Waals surface area contributed by atoms with E-state index in [1.807, 2.05) is 22.7 Å². The Morgan fingerprint density at radius 3 is 1.41 bits per heavy atom. The number of rotatable bonds is 3. The van der Waals surface area contributed by atoms with Crippen molar-refractivity contribution in [2.45, 2.75) is 0 Å². The molecule has 13 rings (SSSR count). The van der Waals surface area contributed by atoms with Crippen molar-refractivity contribution in [3.63, 3.8) is 0 Å². The number of hydrogen-bond donors (Lipinski definition) is 0. The Labute approximate surface area is 342 Å². The molecule has 2 heteroatoms. The Hall–Kier alpha value is -6.84. The van der Waals surface area contributed by atoms with Gasteiger partial charge in [0.05, 0.1) is 9.40 Å². The number of fused-ring (bicyclic) bond motifs is 14. The molecule has 11 aromatic carbocycles. The van der Waals surface area contributed by atoms with Gasteiger partial charge in [0.25, 0.3) is 0 Å². The Morgan fingerprint density at radius 1 is 0.259 bits per heavy atom. The van der Waals surface area contributed by atoms with E-state index in [1.165, 1.54) is 128 Å². The fourth-order valence-electron chi connectivity index (χ4n) is 9.85. The average molecular weight is 769 g/mol. The molecular weight excluding hydrogens is 737 g/mol. The fourth-order valence-corrected chi connectivity index (χ4v) is 12.4. The van der Waals surface area contributed by atoms with Crippen LogP contribution in [0, 0.1) is 0 Å². The molecule has 13 aromatic rings. The predicted molar refractivity (Wildman–Crippen MR) is 256 cm³/mol. The van der Waals surface area contributed by atoms with Crippen LogP contribution in [0.2, 0.25) is 0 Å². The van der Waals surface area contributed by atoms with Crippen molar-refractivity contribution in [3.8, 4) is 33.4 Å². The summed E-state index contributed by atoms with van der Waals surface area (Å²) < 4.78 is 5.50. The van der Waals surface area contributed by atoms with E-state index in [4.69, 9.17) is 0 Å². The molecule has 0 saturated carbocycles. The normalized spacial score (nSPS) is 12.1. The van der Waals surface area contributed by atoms with Crippen molar-refractivity contribution in [1.82, 2.24) is 0 Å². The third-order valence-electron chi connectivity index (χ3n) is 12.4. The van der Waals surface area contributed by atoms with Gasteiger partial charge in [-0.1, -0.05) is 164 Å². The van der Waals surface area contributed by atoms with Gasteiger partial charge in [-0.3, -0.25) is 0 Å². The lowest BCUT2D eigenvalue weighted by Gasteiger charge is -2.19. The standard InChI is InChI=1S/C56H32S2/c1-2-14-39-33(12-1)13-11-22-40(39)52-43-17-5-3-15-41(43)51(42-16-4-6-18-44(42)52)38-27-26-34-30-35(24-25-36(34)31-38)37-28-29-50-48(32-37)54-46-20-8-7-19-45(46)53-47-21-9-10-23-49(47)57-55(53)56(54)58-50/h1-32H. The van der Waals surface area contributed by atoms with Crippen LogP contribution in [-0.4, -0.2) is 0 Å². The van der Waals surface area contributed by atoms with Gasteiger partial charge < -0.3 is 0 Å². The van der Waals surface area contributed by atoms with Gasteiger partial charge in [-0.15, -0.1) is 22.7 Å². The van der Waals surface area contributed by atoms with Crippen LogP contribution < -0.4 is 0 Å². The maximum Gasteiger partial charge on any atom is 0.0540 e. The van der Waals surface area contributed by atoms with Crippen LogP contribution in [0.4, 0.5) is 0 Å². The van der Waals surface area contributed by atoms with Crippen molar-refractivity contribution >= 4 is 117 Å². The van der Waals surface area contributed by atoms with Gasteiger partial charge in [0.2, 0.25) is 0 Å². The van der Waals surface area contributed by atoms with Crippen molar-refractivity contribution in [2.75, 3.05) is 0 Å². The largest absolute Gasteiger partial charge is 0.134 e. The Morgan fingerprint density at radius 2 is 0.724 bits per heavy atom. The quantitative estimate of drug-likeness (QED) is 0.157. The molecule has 0 atom stereocenters. The zero-order valence-corrected chi connectivity index (χ0v) is 32.9. The van der Waals surface area contributed by atoms with Gasteiger partial charge in [0.1, 0.15) is 0 Å². The highest BCUT2D eigenvalue weighted by molar-refractivity contribution is 7.33. The van der Waals surface area contributed by atoms with E-state index in [0.717, 1.165) is 0 Å². The van der Waals surface area contributed by atoms with Gasteiger partial charge in [0, 0.05) is 30.9 Å². The molecule has 2 heterocycles. The van der Waals surface area contributed by atoms with Crippen LogP contribution in [0.5, 0.6) is 0 Å². The van der Waals surface area contributed by atoms with Crippen LogP contribution >= 0.6 is 22.7 Å². The van der Waals surface area contributed by atoms with Gasteiger partial charge >= 0.3 is 0 Å². The summed E-state index contributed by atoms with van der Waals surface area (Å²) in [6.45, 7) is 0. The van der Waals surface area contributed by atoms with Crippen molar-refractivity contribution < 1.29 is 0 Å². The molecule has 0 amide bonds. The molecule has 58 heavy (non-hydrogen) atoms. The smallest absolute Gasteiger partial charge is 0.0540 e. The second-order valence-corrected chi connectivity index (χ2v) is 17.6. The van der Waals surface area contributed by atoms with Crippen LogP contribution in [0.3, 0.4) is 0 Å². The second-order valence-electron chi connectivity index (χ2n) is 15.5. The first kappa shape index (κ1) is 32.3. The molecule has 268 valence electrons. The van der Waals surface area contributed by atoms with Gasteiger partial charge in [0.15, 0.2) is 0 Å². The highest BCUT2D eigenvalue weighted by Crippen LogP contribution is 2.50. The van der Waals surface area contributed by atoms with E-state index in [-0.39, 0.29) is 0 Å². The van der Waals surface area contributed by atoms with E-state index in [9.17, 15) is 0 Å². The molecule has 0 fully saturated rings. The predicted octanol–water partition coefficient (Wildman–Crippen LogP) is 17.2. The van der Waals surface area contributed by atoms with E-state index >= 15 is 0 Å². The van der Waals surface area contributed by atoms with Gasteiger partial charge in [-0.2, -0.15) is 0 Å². The van der Waals surface area contributed by atoms with Gasteiger partial charge in [-0.25, -0.2) is 0 Å². The summed E-state index contributed by atoms with van der Waals surface area (Å²) in [5.41, 5.74) is 7.59. The fraction of sp³-hybridized carbons (Fsp3) is 0. The molecule has 0 N–H and O–H groups in total. The summed E-state index contributed by atoms with van der Waals surface area (Å²) in [6, 6.07) is 72.4. The van der Waals surface area contributed by atoms with E-state index in [2.05, 4.69) is 194 Å². The molecule has 2 aromatic heterocycles. The maximum absolute atomic E-state index is 2.44. The maximum atomic E-state index is 2.44. The monoisotopic (exact) mass is 768 g/mol. The lowest BCUT2D eigenvalue weighted by atomic mass is 9.84. The third kappa shape index (κ3) is 4.62. The highest BCUT2D eigenvalue weighted by atomic mass is 32.1. The number of benzene rings is 11. The van der Waals surface area contributed by atoms with Crippen LogP contribution in [-0.2, 0) is 0 Å². The number of hydrogen-bond acceptors (Lipinski definition) is 2. The number of thiophene rings is 2. The summed E-state index contributed by atoms with van der Waals surface area (Å²) in [7, 11) is 0. The molecule has 0 aliphatic rings. The molecule has 0 unspecified atom stereocenters. The van der Waals surface area contributed by atoms with Crippen molar-refractivity contribution in [3.05, 3.63) is 194 Å². The van der Waals surface area contributed by atoms with Gasteiger partial charge in [-0.05, 0) is 118 Å². The average Bonchev–Trinajstić information content (AvgIpc) is 3.87. The van der Waals surface area contributed by atoms with Crippen LogP contribution in [0.1, 0.15) is 0 Å². The molecule has 0 aliphatic heterocycles. The summed E-state index contributed by atoms with van der Waals surface area (Å²) in [4.78, 5) is 0. The summed E-state index contributed by atoms with van der Waals surface area (Å²) in [5, 5.41) is 18.3.